The molecule has 0 aliphatic heterocycles. The maximum atomic E-state index is 4.34. The molecule has 2 aromatic rings. The van der Waals surface area contributed by atoms with Gasteiger partial charge in [-0.15, -0.1) is 0 Å². The second-order valence-corrected chi connectivity index (χ2v) is 4.27. The van der Waals surface area contributed by atoms with Crippen molar-refractivity contribution in [3.63, 3.8) is 0 Å². The summed E-state index contributed by atoms with van der Waals surface area (Å²) < 4.78 is 1.92. The van der Waals surface area contributed by atoms with E-state index in [4.69, 9.17) is 0 Å². The van der Waals surface area contributed by atoms with E-state index in [1.807, 2.05) is 30.9 Å². The lowest BCUT2D eigenvalue weighted by Gasteiger charge is -2.16. The molecule has 2 rings (SSSR count). The van der Waals surface area contributed by atoms with E-state index in [2.05, 4.69) is 33.4 Å². The average molecular weight is 245 g/mol. The van der Waals surface area contributed by atoms with E-state index in [0.29, 0.717) is 0 Å². The molecule has 0 saturated heterocycles. The van der Waals surface area contributed by atoms with Gasteiger partial charge >= 0.3 is 0 Å². The van der Waals surface area contributed by atoms with Crippen LogP contribution in [-0.2, 0) is 13.0 Å². The van der Waals surface area contributed by atoms with Gasteiger partial charge < -0.3 is 5.32 Å². The number of rotatable bonds is 5. The first kappa shape index (κ1) is 12.7. The summed E-state index contributed by atoms with van der Waals surface area (Å²) in [6, 6.07) is 4.35. The van der Waals surface area contributed by atoms with Gasteiger partial charge in [-0.05, 0) is 32.5 Å². The van der Waals surface area contributed by atoms with Gasteiger partial charge in [0.25, 0.3) is 0 Å². The van der Waals surface area contributed by atoms with Crippen LogP contribution in [0.3, 0.4) is 0 Å². The van der Waals surface area contributed by atoms with Gasteiger partial charge in [0.05, 0.1) is 0 Å². The molecule has 18 heavy (non-hydrogen) atoms. The van der Waals surface area contributed by atoms with Crippen LogP contribution < -0.4 is 5.32 Å². The van der Waals surface area contributed by atoms with Crippen molar-refractivity contribution in [3.8, 4) is 0 Å². The van der Waals surface area contributed by atoms with Gasteiger partial charge in [0.2, 0.25) is 0 Å². The van der Waals surface area contributed by atoms with Crippen LogP contribution in [0.2, 0.25) is 0 Å². The van der Waals surface area contributed by atoms with Crippen molar-refractivity contribution in [2.24, 2.45) is 0 Å². The Morgan fingerprint density at radius 1 is 1.33 bits per heavy atom. The predicted molar refractivity (Wildman–Crippen MR) is 70.2 cm³/mol. The van der Waals surface area contributed by atoms with Gasteiger partial charge in [-0.3, -0.25) is 9.67 Å². The van der Waals surface area contributed by atoms with E-state index >= 15 is 0 Å². The molecule has 0 spiro atoms. The number of aryl methyl sites for hydroxylation is 2. The zero-order chi connectivity index (χ0) is 13.0. The van der Waals surface area contributed by atoms with Crippen LogP contribution in [0.15, 0.2) is 24.7 Å². The maximum absolute atomic E-state index is 4.34. The topological polar surface area (TPSA) is 55.6 Å². The normalized spacial score (nSPS) is 12.6. The van der Waals surface area contributed by atoms with Crippen LogP contribution in [0, 0.1) is 6.92 Å². The highest BCUT2D eigenvalue weighted by atomic mass is 15.3. The standard InChI is InChI=1S/C13H19N5/c1-4-18-13(16-9-17-18)7-12(14-3)11-6-5-10(2)15-8-11/h5-6,8-9,12,14H,4,7H2,1-3H3. The molecule has 1 atom stereocenters. The minimum atomic E-state index is 0.215. The van der Waals surface area contributed by atoms with Crippen LogP contribution in [0.5, 0.6) is 0 Å². The number of pyridine rings is 1. The van der Waals surface area contributed by atoms with Crippen LogP contribution in [0.25, 0.3) is 0 Å². The van der Waals surface area contributed by atoms with Gasteiger partial charge in [0.15, 0.2) is 0 Å². The molecule has 0 fully saturated rings. The summed E-state index contributed by atoms with van der Waals surface area (Å²) in [5.74, 6) is 0.998. The third-order valence-electron chi connectivity index (χ3n) is 3.07. The molecule has 96 valence electrons. The first-order valence-electron chi connectivity index (χ1n) is 6.21. The van der Waals surface area contributed by atoms with Crippen LogP contribution >= 0.6 is 0 Å². The van der Waals surface area contributed by atoms with E-state index < -0.39 is 0 Å². The Balaban J connectivity index is 2.17. The highest BCUT2D eigenvalue weighted by Crippen LogP contribution is 2.16. The van der Waals surface area contributed by atoms with Crippen LogP contribution in [-0.4, -0.2) is 26.8 Å². The zero-order valence-corrected chi connectivity index (χ0v) is 11.1. The fourth-order valence-electron chi connectivity index (χ4n) is 1.96. The summed E-state index contributed by atoms with van der Waals surface area (Å²) in [6.45, 7) is 4.91. The first-order chi connectivity index (χ1) is 8.74. The third-order valence-corrected chi connectivity index (χ3v) is 3.07. The van der Waals surface area contributed by atoms with Crippen molar-refractivity contribution in [1.82, 2.24) is 25.1 Å². The Morgan fingerprint density at radius 2 is 2.17 bits per heavy atom. The number of hydrogen-bond donors (Lipinski definition) is 1. The molecule has 0 bridgehead atoms. The van der Waals surface area contributed by atoms with Gasteiger partial charge in [-0.25, -0.2) is 4.98 Å². The average Bonchev–Trinajstić information content (AvgIpc) is 2.84. The Morgan fingerprint density at radius 3 is 2.78 bits per heavy atom. The zero-order valence-electron chi connectivity index (χ0n) is 11.1. The number of nitrogens with one attached hydrogen (secondary N) is 1. The van der Waals surface area contributed by atoms with E-state index in [0.717, 1.165) is 24.5 Å². The molecule has 0 aliphatic carbocycles. The molecular weight excluding hydrogens is 226 g/mol. The quantitative estimate of drug-likeness (QED) is 0.867. The molecule has 1 unspecified atom stereocenters. The Labute approximate surface area is 107 Å². The minimum Gasteiger partial charge on any atom is -0.313 e. The largest absolute Gasteiger partial charge is 0.313 e. The SMILES string of the molecule is CCn1ncnc1CC(NC)c1ccc(C)nc1. The molecule has 0 amide bonds. The second kappa shape index (κ2) is 5.73. The molecule has 5 heteroatoms. The van der Waals surface area contributed by atoms with E-state index in [1.165, 1.54) is 5.56 Å². The van der Waals surface area contributed by atoms with Crippen molar-refractivity contribution >= 4 is 0 Å². The summed E-state index contributed by atoms with van der Waals surface area (Å²) in [5.41, 5.74) is 2.21. The van der Waals surface area contributed by atoms with Gasteiger partial charge in [-0.2, -0.15) is 5.10 Å². The van der Waals surface area contributed by atoms with E-state index in [-0.39, 0.29) is 6.04 Å². The lowest BCUT2D eigenvalue weighted by Crippen LogP contribution is -2.21. The highest BCUT2D eigenvalue weighted by molar-refractivity contribution is 5.18. The fourth-order valence-corrected chi connectivity index (χ4v) is 1.96. The number of aromatic nitrogens is 4. The third kappa shape index (κ3) is 2.73. The molecule has 0 saturated carbocycles. The monoisotopic (exact) mass is 245 g/mol. The van der Waals surface area contributed by atoms with Crippen molar-refractivity contribution in [3.05, 3.63) is 41.7 Å². The molecule has 1 N–H and O–H groups in total. The summed E-state index contributed by atoms with van der Waals surface area (Å²) in [7, 11) is 1.96. The molecule has 2 aromatic heterocycles. The summed E-state index contributed by atoms with van der Waals surface area (Å²) >= 11 is 0. The number of nitrogens with zero attached hydrogens (tertiary/aromatic N) is 4. The molecule has 5 nitrogen and oxygen atoms in total. The fraction of sp³-hybridized carbons (Fsp3) is 0.462. The van der Waals surface area contributed by atoms with Gasteiger partial charge in [0.1, 0.15) is 12.2 Å². The van der Waals surface area contributed by atoms with Crippen molar-refractivity contribution in [1.29, 1.82) is 0 Å². The Hall–Kier alpha value is -1.75. The second-order valence-electron chi connectivity index (χ2n) is 4.27. The van der Waals surface area contributed by atoms with Crippen molar-refractivity contribution < 1.29 is 0 Å². The lowest BCUT2D eigenvalue weighted by molar-refractivity contribution is 0.532. The molecule has 0 aliphatic rings. The van der Waals surface area contributed by atoms with Gasteiger partial charge in [-0.1, -0.05) is 6.07 Å². The van der Waals surface area contributed by atoms with E-state index in [9.17, 15) is 0 Å². The summed E-state index contributed by atoms with van der Waals surface area (Å²) in [4.78, 5) is 8.65. The Bertz CT molecular complexity index is 488. The van der Waals surface area contributed by atoms with Crippen LogP contribution in [0.4, 0.5) is 0 Å². The van der Waals surface area contributed by atoms with Gasteiger partial charge in [0, 0.05) is 30.9 Å². The molecule has 0 aromatic carbocycles. The van der Waals surface area contributed by atoms with Crippen molar-refractivity contribution in [2.75, 3.05) is 7.05 Å². The molecule has 2 heterocycles. The van der Waals surface area contributed by atoms with Crippen molar-refractivity contribution in [2.45, 2.75) is 32.9 Å². The summed E-state index contributed by atoms with van der Waals surface area (Å²) in [5, 5.41) is 7.50. The Kier molecular flexibility index (Phi) is 4.04. The van der Waals surface area contributed by atoms with Crippen LogP contribution in [0.1, 0.15) is 30.0 Å². The molecular formula is C13H19N5. The number of likely N-dealkylation sites (N-methyl/N-ethyl adjacent to an activating group) is 1. The lowest BCUT2D eigenvalue weighted by atomic mass is 10.1. The smallest absolute Gasteiger partial charge is 0.138 e. The number of hydrogen-bond acceptors (Lipinski definition) is 4. The molecule has 0 radical (unpaired) electrons. The first-order valence-corrected chi connectivity index (χ1v) is 6.21. The predicted octanol–water partition coefficient (Wildman–Crippen LogP) is 1.50. The van der Waals surface area contributed by atoms with E-state index in [1.54, 1.807) is 6.33 Å². The highest BCUT2D eigenvalue weighted by Gasteiger charge is 2.14. The maximum Gasteiger partial charge on any atom is 0.138 e. The minimum absolute atomic E-state index is 0.215. The summed E-state index contributed by atoms with van der Waals surface area (Å²) in [6.07, 6.45) is 4.34.